The summed E-state index contributed by atoms with van der Waals surface area (Å²) in [6.07, 6.45) is 2.01. The number of nitrogens with one attached hydrogen (secondary N) is 2. The van der Waals surface area contributed by atoms with Crippen LogP contribution in [-0.2, 0) is 17.8 Å². The minimum Gasteiger partial charge on any atom is -0.379 e. The zero-order valence-electron chi connectivity index (χ0n) is 17.4. The smallest absolute Gasteiger partial charge is 0.318 e. The Kier molecular flexibility index (Phi) is 6.16. The molecule has 0 radical (unpaired) electrons. The lowest BCUT2D eigenvalue weighted by Crippen LogP contribution is -2.39. The minimum atomic E-state index is 0.00563. The van der Waals surface area contributed by atoms with Crippen LogP contribution in [0.2, 0.25) is 0 Å². The topological polar surface area (TPSA) is 73.5 Å². The van der Waals surface area contributed by atoms with E-state index in [1.54, 1.807) is 0 Å². The molecule has 1 aromatic carbocycles. The fourth-order valence-corrected chi connectivity index (χ4v) is 4.50. The van der Waals surface area contributed by atoms with E-state index in [2.05, 4.69) is 44.7 Å². The van der Waals surface area contributed by atoms with Crippen molar-refractivity contribution in [1.29, 1.82) is 0 Å². The SMILES string of the molecule is Cc1n[nH]c(C)c1C1CCCN1C(=O)NCc1cccc(CN2CCOCC2)c1. The Morgan fingerprint density at radius 3 is 2.79 bits per heavy atom. The first-order valence-corrected chi connectivity index (χ1v) is 10.6. The number of ether oxygens (including phenoxy) is 1. The number of amides is 2. The van der Waals surface area contributed by atoms with Crippen LogP contribution >= 0.6 is 0 Å². The van der Waals surface area contributed by atoms with E-state index in [4.69, 9.17) is 4.74 Å². The summed E-state index contributed by atoms with van der Waals surface area (Å²) in [6.45, 7) is 9.87. The van der Waals surface area contributed by atoms with Gasteiger partial charge in [0.2, 0.25) is 0 Å². The molecule has 0 bridgehead atoms. The van der Waals surface area contributed by atoms with Gasteiger partial charge in [-0.2, -0.15) is 5.10 Å². The highest BCUT2D eigenvalue weighted by molar-refractivity contribution is 5.75. The number of likely N-dealkylation sites (tertiary alicyclic amines) is 1. The van der Waals surface area contributed by atoms with Gasteiger partial charge in [-0.15, -0.1) is 0 Å². The molecule has 0 saturated carbocycles. The number of H-pyrrole nitrogens is 1. The number of rotatable bonds is 5. The van der Waals surface area contributed by atoms with E-state index in [1.165, 1.54) is 11.1 Å². The third kappa shape index (κ3) is 4.62. The Labute approximate surface area is 172 Å². The Balaban J connectivity index is 1.36. The first-order chi connectivity index (χ1) is 14.1. The van der Waals surface area contributed by atoms with Gasteiger partial charge in [-0.25, -0.2) is 4.79 Å². The predicted molar refractivity (Wildman–Crippen MR) is 112 cm³/mol. The van der Waals surface area contributed by atoms with Crippen molar-refractivity contribution >= 4 is 6.03 Å². The van der Waals surface area contributed by atoms with Crippen LogP contribution in [-0.4, -0.2) is 58.9 Å². The van der Waals surface area contributed by atoms with Gasteiger partial charge in [0.15, 0.2) is 0 Å². The summed E-state index contributed by atoms with van der Waals surface area (Å²) in [7, 11) is 0. The number of carbonyl (C=O) groups excluding carboxylic acids is 1. The van der Waals surface area contributed by atoms with Gasteiger partial charge in [0.1, 0.15) is 0 Å². The van der Waals surface area contributed by atoms with Crippen molar-refractivity contribution in [2.24, 2.45) is 0 Å². The summed E-state index contributed by atoms with van der Waals surface area (Å²) in [5.41, 5.74) is 5.63. The largest absolute Gasteiger partial charge is 0.379 e. The molecule has 2 aliphatic heterocycles. The van der Waals surface area contributed by atoms with E-state index in [0.29, 0.717) is 6.54 Å². The maximum absolute atomic E-state index is 12.9. The summed E-state index contributed by atoms with van der Waals surface area (Å²) in [5, 5.41) is 10.5. The molecule has 1 unspecified atom stereocenters. The fraction of sp³-hybridized carbons (Fsp3) is 0.545. The molecule has 1 atom stereocenters. The highest BCUT2D eigenvalue weighted by Crippen LogP contribution is 2.34. The maximum Gasteiger partial charge on any atom is 0.318 e. The van der Waals surface area contributed by atoms with E-state index in [0.717, 1.165) is 69.2 Å². The van der Waals surface area contributed by atoms with Crippen LogP contribution in [0.5, 0.6) is 0 Å². The average molecular weight is 398 g/mol. The van der Waals surface area contributed by atoms with Gasteiger partial charge < -0.3 is 15.0 Å². The van der Waals surface area contributed by atoms with Crippen LogP contribution in [0.1, 0.15) is 47.0 Å². The molecule has 2 N–H and O–H groups in total. The molecule has 2 saturated heterocycles. The summed E-state index contributed by atoms with van der Waals surface area (Å²) in [5.74, 6) is 0. The number of aromatic nitrogens is 2. The Bertz CT molecular complexity index is 824. The molecular weight excluding hydrogens is 366 g/mol. The Morgan fingerprint density at radius 1 is 1.24 bits per heavy atom. The van der Waals surface area contributed by atoms with Gasteiger partial charge in [0.25, 0.3) is 0 Å². The first-order valence-electron chi connectivity index (χ1n) is 10.6. The van der Waals surface area contributed by atoms with Crippen LogP contribution in [0.3, 0.4) is 0 Å². The molecular formula is C22H31N5O2. The van der Waals surface area contributed by atoms with E-state index in [1.807, 2.05) is 18.7 Å². The molecule has 0 aliphatic carbocycles. The van der Waals surface area contributed by atoms with Gasteiger partial charge in [-0.1, -0.05) is 24.3 Å². The van der Waals surface area contributed by atoms with Crippen LogP contribution in [0.4, 0.5) is 4.79 Å². The number of aryl methyl sites for hydroxylation is 2. The molecule has 4 rings (SSSR count). The number of carbonyl (C=O) groups is 1. The van der Waals surface area contributed by atoms with E-state index in [-0.39, 0.29) is 12.1 Å². The van der Waals surface area contributed by atoms with Crippen molar-refractivity contribution in [2.75, 3.05) is 32.8 Å². The third-order valence-corrected chi connectivity index (χ3v) is 5.98. The summed E-state index contributed by atoms with van der Waals surface area (Å²) in [4.78, 5) is 17.3. The number of hydrogen-bond acceptors (Lipinski definition) is 4. The molecule has 156 valence electrons. The predicted octanol–water partition coefficient (Wildman–Crippen LogP) is 2.91. The molecule has 7 nitrogen and oxygen atoms in total. The second kappa shape index (κ2) is 8.97. The zero-order chi connectivity index (χ0) is 20.2. The van der Waals surface area contributed by atoms with Crippen LogP contribution in [0, 0.1) is 13.8 Å². The number of urea groups is 1. The van der Waals surface area contributed by atoms with Gasteiger partial charge in [-0.05, 0) is 37.8 Å². The maximum atomic E-state index is 12.9. The molecule has 0 spiro atoms. The second-order valence-corrected chi connectivity index (χ2v) is 8.07. The lowest BCUT2D eigenvalue weighted by Gasteiger charge is -2.27. The highest BCUT2D eigenvalue weighted by atomic mass is 16.5. The van der Waals surface area contributed by atoms with Gasteiger partial charge in [-0.3, -0.25) is 10.00 Å². The Hall–Kier alpha value is -2.38. The number of nitrogens with zero attached hydrogens (tertiary/aromatic N) is 3. The molecule has 7 heteroatoms. The lowest BCUT2D eigenvalue weighted by molar-refractivity contribution is 0.0342. The van der Waals surface area contributed by atoms with Crippen LogP contribution in [0.15, 0.2) is 24.3 Å². The first kappa shape index (κ1) is 19.9. The van der Waals surface area contributed by atoms with Gasteiger partial charge in [0, 0.05) is 44.0 Å². The Morgan fingerprint density at radius 2 is 2.03 bits per heavy atom. The van der Waals surface area contributed by atoms with Crippen molar-refractivity contribution in [3.63, 3.8) is 0 Å². The van der Waals surface area contributed by atoms with Crippen molar-refractivity contribution in [3.05, 3.63) is 52.3 Å². The number of benzene rings is 1. The van der Waals surface area contributed by atoms with Crippen molar-refractivity contribution < 1.29 is 9.53 Å². The molecule has 2 fully saturated rings. The van der Waals surface area contributed by atoms with E-state index >= 15 is 0 Å². The van der Waals surface area contributed by atoms with Crippen molar-refractivity contribution in [3.8, 4) is 0 Å². The van der Waals surface area contributed by atoms with E-state index in [9.17, 15) is 4.79 Å². The summed E-state index contributed by atoms with van der Waals surface area (Å²) >= 11 is 0. The van der Waals surface area contributed by atoms with Crippen LogP contribution < -0.4 is 5.32 Å². The average Bonchev–Trinajstić information content (AvgIpc) is 3.33. The van der Waals surface area contributed by atoms with Crippen molar-refractivity contribution in [2.45, 2.75) is 45.8 Å². The zero-order valence-corrected chi connectivity index (χ0v) is 17.4. The summed E-state index contributed by atoms with van der Waals surface area (Å²) in [6, 6.07) is 8.62. The lowest BCUT2D eigenvalue weighted by atomic mass is 10.0. The minimum absolute atomic E-state index is 0.00563. The highest BCUT2D eigenvalue weighted by Gasteiger charge is 2.32. The third-order valence-electron chi connectivity index (χ3n) is 5.98. The monoisotopic (exact) mass is 397 g/mol. The number of hydrogen-bond donors (Lipinski definition) is 2. The molecule has 2 aliphatic rings. The quantitative estimate of drug-likeness (QED) is 0.814. The molecule has 3 heterocycles. The van der Waals surface area contributed by atoms with Gasteiger partial charge in [0.05, 0.1) is 24.9 Å². The normalized spacial score (nSPS) is 20.2. The van der Waals surface area contributed by atoms with Crippen LogP contribution in [0.25, 0.3) is 0 Å². The van der Waals surface area contributed by atoms with Crippen molar-refractivity contribution in [1.82, 2.24) is 25.3 Å². The standard InChI is InChI=1S/C22H31N5O2/c1-16-21(17(2)25-24-16)20-7-4-8-27(20)22(28)23-14-18-5-3-6-19(13-18)15-26-9-11-29-12-10-26/h3,5-6,13,20H,4,7-12,14-15H2,1-2H3,(H,23,28)(H,24,25). The molecule has 1 aromatic heterocycles. The number of aromatic amines is 1. The molecule has 29 heavy (non-hydrogen) atoms. The molecule has 2 amide bonds. The molecule has 2 aromatic rings. The fourth-order valence-electron chi connectivity index (χ4n) is 4.50. The number of morpholine rings is 1. The second-order valence-electron chi connectivity index (χ2n) is 8.07. The van der Waals surface area contributed by atoms with E-state index < -0.39 is 0 Å². The summed E-state index contributed by atoms with van der Waals surface area (Å²) < 4.78 is 5.43. The van der Waals surface area contributed by atoms with Gasteiger partial charge >= 0.3 is 6.03 Å².